The van der Waals surface area contributed by atoms with Crippen molar-refractivity contribution in [2.45, 2.75) is 63.4 Å². The fraction of sp³-hybridized carbons (Fsp3) is 0.345. The molecule has 1 aliphatic carbocycles. The van der Waals surface area contributed by atoms with Gasteiger partial charge in [-0.05, 0) is 50.3 Å². The first-order chi connectivity index (χ1) is 16.9. The fourth-order valence-electron chi connectivity index (χ4n) is 3.87. The zero-order valence-corrected chi connectivity index (χ0v) is 21.8. The van der Waals surface area contributed by atoms with Crippen molar-refractivity contribution >= 4 is 17.7 Å². The maximum Gasteiger partial charge on any atom is 0.237 e. The molecule has 0 saturated carbocycles. The van der Waals surface area contributed by atoms with Gasteiger partial charge in [-0.15, -0.1) is 16.6 Å². The Morgan fingerprint density at radius 3 is 2.57 bits per heavy atom. The molecule has 0 bridgehead atoms. The number of terminal acetylenes is 1. The van der Waals surface area contributed by atoms with Gasteiger partial charge in [0.05, 0.1) is 11.3 Å². The normalized spacial score (nSPS) is 15.7. The minimum Gasteiger partial charge on any atom is -0.329 e. The smallest absolute Gasteiger partial charge is 0.237 e. The Balaban J connectivity index is 1.77. The molecule has 6 heteroatoms. The van der Waals surface area contributed by atoms with Crippen molar-refractivity contribution in [2.24, 2.45) is 5.92 Å². The van der Waals surface area contributed by atoms with Crippen LogP contribution in [-0.4, -0.2) is 25.9 Å². The van der Waals surface area contributed by atoms with Gasteiger partial charge in [0.25, 0.3) is 0 Å². The van der Waals surface area contributed by atoms with Crippen LogP contribution in [0.2, 0.25) is 0 Å². The number of hydrogen-bond acceptors (Lipinski definition) is 4. The molecule has 0 spiro atoms. The Hall–Kier alpha value is -3.30. The highest BCUT2D eigenvalue weighted by Gasteiger charge is 2.24. The van der Waals surface area contributed by atoms with Crippen LogP contribution in [0.5, 0.6) is 0 Å². The second kappa shape index (κ2) is 13.0. The molecule has 1 N–H and O–H groups in total. The van der Waals surface area contributed by atoms with E-state index in [1.165, 1.54) is 17.3 Å². The molecular weight excluding hydrogens is 452 g/mol. The van der Waals surface area contributed by atoms with Crippen LogP contribution < -0.4 is 5.32 Å². The van der Waals surface area contributed by atoms with Gasteiger partial charge in [0.15, 0.2) is 5.16 Å². The number of benzene rings is 1. The minimum absolute atomic E-state index is 0.0225. The highest BCUT2D eigenvalue weighted by molar-refractivity contribution is 8.00. The highest BCUT2D eigenvalue weighted by atomic mass is 32.2. The Morgan fingerprint density at radius 2 is 1.91 bits per heavy atom. The highest BCUT2D eigenvalue weighted by Crippen LogP contribution is 2.30. The summed E-state index contributed by atoms with van der Waals surface area (Å²) in [5.41, 5.74) is 3.55. The van der Waals surface area contributed by atoms with Crippen molar-refractivity contribution in [2.75, 3.05) is 0 Å². The Bertz CT molecular complexity index is 1170. The van der Waals surface area contributed by atoms with E-state index in [0.29, 0.717) is 12.3 Å². The summed E-state index contributed by atoms with van der Waals surface area (Å²) < 4.78 is 2.12. The van der Waals surface area contributed by atoms with Gasteiger partial charge in [0.2, 0.25) is 5.91 Å². The van der Waals surface area contributed by atoms with E-state index in [9.17, 15) is 4.79 Å². The summed E-state index contributed by atoms with van der Waals surface area (Å²) >= 11 is 1.43. The summed E-state index contributed by atoms with van der Waals surface area (Å²) in [6, 6.07) is 10.3. The number of amides is 1. The third-order valence-electron chi connectivity index (χ3n) is 6.00. The number of thioether (sulfide) groups is 1. The Morgan fingerprint density at radius 1 is 1.14 bits per heavy atom. The first kappa shape index (κ1) is 26.3. The monoisotopic (exact) mass is 486 g/mol. The Kier molecular flexibility index (Phi) is 9.75. The molecule has 1 amide bonds. The molecule has 1 aromatic heterocycles. The quantitative estimate of drug-likeness (QED) is 0.253. The van der Waals surface area contributed by atoms with E-state index in [1.54, 1.807) is 6.08 Å². The maximum atomic E-state index is 13.0. The van der Waals surface area contributed by atoms with Crippen molar-refractivity contribution in [1.29, 1.82) is 0 Å². The minimum atomic E-state index is -0.320. The van der Waals surface area contributed by atoms with Gasteiger partial charge in [0, 0.05) is 12.1 Å². The molecule has 0 fully saturated rings. The van der Waals surface area contributed by atoms with Gasteiger partial charge in [-0.3, -0.25) is 9.36 Å². The van der Waals surface area contributed by atoms with Crippen LogP contribution >= 0.6 is 11.8 Å². The average molecular weight is 487 g/mol. The SMILES string of the molecule is C#C/C=C\C=C/Cc1nnc(SC(C)C(=O)NC2=CC=C(C(C)C)CC2)n1C(C)c1ccccc1. The molecule has 5 nitrogen and oxygen atoms in total. The molecule has 3 rings (SSSR count). The molecule has 1 aromatic carbocycles. The van der Waals surface area contributed by atoms with Gasteiger partial charge < -0.3 is 5.32 Å². The van der Waals surface area contributed by atoms with E-state index < -0.39 is 0 Å². The molecule has 1 aliphatic rings. The van der Waals surface area contributed by atoms with Crippen LogP contribution in [-0.2, 0) is 11.2 Å². The number of hydrogen-bond donors (Lipinski definition) is 1. The van der Waals surface area contributed by atoms with Gasteiger partial charge in [-0.1, -0.05) is 91.7 Å². The summed E-state index contributed by atoms with van der Waals surface area (Å²) in [5, 5.41) is 12.4. The van der Waals surface area contributed by atoms with Crippen LogP contribution in [0, 0.1) is 18.3 Å². The zero-order valence-electron chi connectivity index (χ0n) is 20.9. The summed E-state index contributed by atoms with van der Waals surface area (Å²) in [6.07, 6.45) is 19.3. The van der Waals surface area contributed by atoms with Gasteiger partial charge in [-0.2, -0.15) is 0 Å². The third-order valence-corrected chi connectivity index (χ3v) is 7.06. The summed E-state index contributed by atoms with van der Waals surface area (Å²) in [7, 11) is 0. The van der Waals surface area contributed by atoms with Crippen LogP contribution in [0.15, 0.2) is 83.2 Å². The first-order valence-electron chi connectivity index (χ1n) is 12.0. The largest absolute Gasteiger partial charge is 0.329 e. The number of nitrogens with zero attached hydrogens (tertiary/aromatic N) is 3. The van der Waals surface area contributed by atoms with E-state index in [-0.39, 0.29) is 17.2 Å². The molecular formula is C29H34N4OS. The fourth-order valence-corrected chi connectivity index (χ4v) is 4.82. The molecule has 182 valence electrons. The van der Waals surface area contributed by atoms with Crippen molar-refractivity contribution < 1.29 is 4.79 Å². The maximum absolute atomic E-state index is 13.0. The third kappa shape index (κ3) is 7.34. The molecule has 1 heterocycles. The molecule has 0 radical (unpaired) electrons. The van der Waals surface area contributed by atoms with E-state index in [2.05, 4.69) is 65.0 Å². The van der Waals surface area contributed by atoms with Crippen LogP contribution in [0.4, 0.5) is 0 Å². The topological polar surface area (TPSA) is 59.8 Å². The second-order valence-corrected chi connectivity index (χ2v) is 10.2. The lowest BCUT2D eigenvalue weighted by molar-refractivity contribution is -0.119. The second-order valence-electron chi connectivity index (χ2n) is 8.85. The van der Waals surface area contributed by atoms with Crippen LogP contribution in [0.3, 0.4) is 0 Å². The zero-order chi connectivity index (χ0) is 25.2. The van der Waals surface area contributed by atoms with Gasteiger partial charge in [-0.25, -0.2) is 0 Å². The number of carbonyl (C=O) groups excluding carboxylic acids is 1. The molecule has 2 unspecified atom stereocenters. The number of nitrogens with one attached hydrogen (secondary N) is 1. The van der Waals surface area contributed by atoms with Crippen molar-refractivity contribution in [1.82, 2.24) is 20.1 Å². The molecule has 2 atom stereocenters. The Labute approximate surface area is 213 Å². The summed E-state index contributed by atoms with van der Waals surface area (Å²) in [6.45, 7) is 8.44. The lowest BCUT2D eigenvalue weighted by Gasteiger charge is -2.21. The average Bonchev–Trinajstić information content (AvgIpc) is 3.26. The standard InChI is InChI=1S/C29H34N4OS/c1-6-7-8-9-13-16-27-31-32-29(33(27)22(4)25-14-11-10-12-15-25)35-23(5)28(34)30-26-19-17-24(18-20-26)21(2)3/h1,7-15,17,19,21-23H,16,18,20H2,2-5H3,(H,30,34)/b8-7-,13-9-. The first-order valence-corrected chi connectivity index (χ1v) is 12.9. The van der Waals surface area contributed by atoms with E-state index in [4.69, 9.17) is 6.42 Å². The van der Waals surface area contributed by atoms with Crippen LogP contribution in [0.1, 0.15) is 58.0 Å². The predicted molar refractivity (Wildman–Crippen MR) is 145 cm³/mol. The van der Waals surface area contributed by atoms with Crippen molar-refractivity contribution in [3.05, 3.63) is 89.4 Å². The van der Waals surface area contributed by atoms with Gasteiger partial charge >= 0.3 is 0 Å². The molecule has 0 aliphatic heterocycles. The number of allylic oxidation sites excluding steroid dienone is 8. The van der Waals surface area contributed by atoms with E-state index in [1.807, 2.05) is 49.4 Å². The predicted octanol–water partition coefficient (Wildman–Crippen LogP) is 6.03. The van der Waals surface area contributed by atoms with Crippen molar-refractivity contribution in [3.8, 4) is 12.3 Å². The van der Waals surface area contributed by atoms with Crippen molar-refractivity contribution in [3.63, 3.8) is 0 Å². The molecule has 2 aromatic rings. The van der Waals surface area contributed by atoms with Crippen LogP contribution in [0.25, 0.3) is 0 Å². The number of rotatable bonds is 10. The van der Waals surface area contributed by atoms with Gasteiger partial charge in [0.1, 0.15) is 5.82 Å². The number of carbonyl (C=O) groups is 1. The number of aromatic nitrogens is 3. The lowest BCUT2D eigenvalue weighted by atomic mass is 9.93. The molecule has 0 saturated heterocycles. The van der Waals surface area contributed by atoms with E-state index in [0.717, 1.165) is 35.1 Å². The summed E-state index contributed by atoms with van der Waals surface area (Å²) in [5.74, 6) is 3.83. The van der Waals surface area contributed by atoms with E-state index >= 15 is 0 Å². The summed E-state index contributed by atoms with van der Waals surface area (Å²) in [4.78, 5) is 13.0. The molecule has 35 heavy (non-hydrogen) atoms. The lowest BCUT2D eigenvalue weighted by Crippen LogP contribution is -2.31.